The minimum Gasteiger partial charge on any atom is -0.462 e. The molecule has 122 valence electrons. The molecule has 23 heavy (non-hydrogen) atoms. The highest BCUT2D eigenvalue weighted by atomic mass is 32.1. The van der Waals surface area contributed by atoms with E-state index in [0.717, 1.165) is 10.9 Å². The third-order valence-corrected chi connectivity index (χ3v) is 4.25. The van der Waals surface area contributed by atoms with Crippen LogP contribution in [0, 0.1) is 11.6 Å². The van der Waals surface area contributed by atoms with Crippen LogP contribution in [0.3, 0.4) is 0 Å². The summed E-state index contributed by atoms with van der Waals surface area (Å²) in [7, 11) is 0. The lowest BCUT2D eigenvalue weighted by atomic mass is 10.2. The van der Waals surface area contributed by atoms with Crippen molar-refractivity contribution in [3.63, 3.8) is 0 Å². The monoisotopic (exact) mass is 339 g/mol. The molecule has 0 unspecified atom stereocenters. The van der Waals surface area contributed by atoms with Crippen LogP contribution in [0.25, 0.3) is 0 Å². The fraction of sp³-hybridized carbons (Fsp3) is 0.250. The molecule has 1 aromatic carbocycles. The molecule has 0 aliphatic heterocycles. The Bertz CT molecular complexity index is 743. The Labute approximate surface area is 136 Å². The third-order valence-electron chi connectivity index (χ3n) is 3.05. The lowest BCUT2D eigenvalue weighted by molar-refractivity contribution is 0.0528. The number of halogens is 2. The Morgan fingerprint density at radius 2 is 1.96 bits per heavy atom. The summed E-state index contributed by atoms with van der Waals surface area (Å²) in [5, 5.41) is 2.72. The first-order valence-corrected chi connectivity index (χ1v) is 7.84. The highest BCUT2D eigenvalue weighted by Crippen LogP contribution is 2.30. The van der Waals surface area contributed by atoms with Gasteiger partial charge in [0.25, 0.3) is 5.91 Å². The SMILES string of the molecule is CCOC(=O)c1cc(CC)sc1NC(=O)c1cccc(F)c1F. The van der Waals surface area contributed by atoms with Crippen molar-refractivity contribution in [1.82, 2.24) is 0 Å². The van der Waals surface area contributed by atoms with E-state index < -0.39 is 29.1 Å². The minimum atomic E-state index is -1.23. The molecule has 0 spiro atoms. The summed E-state index contributed by atoms with van der Waals surface area (Å²) in [5.41, 5.74) is -0.217. The van der Waals surface area contributed by atoms with Gasteiger partial charge in [-0.3, -0.25) is 4.79 Å². The normalized spacial score (nSPS) is 10.4. The van der Waals surface area contributed by atoms with Gasteiger partial charge in [0.15, 0.2) is 11.6 Å². The fourth-order valence-electron chi connectivity index (χ4n) is 1.92. The average Bonchev–Trinajstić information content (AvgIpc) is 2.93. The summed E-state index contributed by atoms with van der Waals surface area (Å²) in [6, 6.07) is 4.97. The zero-order valence-electron chi connectivity index (χ0n) is 12.6. The number of rotatable bonds is 5. The van der Waals surface area contributed by atoms with Crippen LogP contribution in [0.15, 0.2) is 24.3 Å². The minimum absolute atomic E-state index is 0.196. The third kappa shape index (κ3) is 3.73. The van der Waals surface area contributed by atoms with Crippen LogP contribution in [0.5, 0.6) is 0 Å². The Kier molecular flexibility index (Phi) is 5.44. The van der Waals surface area contributed by atoms with Crippen molar-refractivity contribution in [1.29, 1.82) is 0 Å². The van der Waals surface area contributed by atoms with E-state index in [1.807, 2.05) is 6.92 Å². The second-order valence-electron chi connectivity index (χ2n) is 4.59. The van der Waals surface area contributed by atoms with E-state index in [1.165, 1.54) is 23.5 Å². The number of amides is 1. The highest BCUT2D eigenvalue weighted by Gasteiger charge is 2.21. The van der Waals surface area contributed by atoms with Crippen LogP contribution in [-0.4, -0.2) is 18.5 Å². The molecule has 4 nitrogen and oxygen atoms in total. The van der Waals surface area contributed by atoms with Crippen LogP contribution in [0.4, 0.5) is 13.8 Å². The van der Waals surface area contributed by atoms with Gasteiger partial charge in [-0.2, -0.15) is 0 Å². The number of aryl methyl sites for hydroxylation is 1. The van der Waals surface area contributed by atoms with Crippen LogP contribution in [-0.2, 0) is 11.2 Å². The summed E-state index contributed by atoms with van der Waals surface area (Å²) < 4.78 is 31.8. The predicted octanol–water partition coefficient (Wildman–Crippen LogP) is 4.02. The van der Waals surface area contributed by atoms with Gasteiger partial charge in [0, 0.05) is 4.88 Å². The molecule has 0 saturated carbocycles. The quantitative estimate of drug-likeness (QED) is 0.837. The number of nitrogens with one attached hydrogen (secondary N) is 1. The lowest BCUT2D eigenvalue weighted by Crippen LogP contribution is -2.16. The van der Waals surface area contributed by atoms with Gasteiger partial charge in [-0.05, 0) is 31.5 Å². The molecule has 0 saturated heterocycles. The Hall–Kier alpha value is -2.28. The van der Waals surface area contributed by atoms with Gasteiger partial charge in [0.2, 0.25) is 0 Å². The predicted molar refractivity (Wildman–Crippen MR) is 84.0 cm³/mol. The van der Waals surface area contributed by atoms with Gasteiger partial charge in [0.1, 0.15) is 5.00 Å². The smallest absolute Gasteiger partial charge is 0.341 e. The van der Waals surface area contributed by atoms with E-state index in [0.29, 0.717) is 6.42 Å². The largest absolute Gasteiger partial charge is 0.462 e. The maximum Gasteiger partial charge on any atom is 0.341 e. The number of hydrogen-bond donors (Lipinski definition) is 1. The molecule has 1 amide bonds. The molecule has 0 atom stereocenters. The van der Waals surface area contributed by atoms with E-state index >= 15 is 0 Å². The molecule has 0 bridgehead atoms. The first-order chi connectivity index (χ1) is 11.0. The van der Waals surface area contributed by atoms with Gasteiger partial charge >= 0.3 is 5.97 Å². The van der Waals surface area contributed by atoms with Crippen molar-refractivity contribution >= 4 is 28.2 Å². The van der Waals surface area contributed by atoms with Crippen molar-refractivity contribution in [2.45, 2.75) is 20.3 Å². The van der Waals surface area contributed by atoms with Gasteiger partial charge in [-0.1, -0.05) is 13.0 Å². The molecule has 0 fully saturated rings. The summed E-state index contributed by atoms with van der Waals surface area (Å²) in [5.74, 6) is -3.73. The standard InChI is InChI=1S/C16H15F2NO3S/c1-3-9-8-11(16(21)22-4-2)15(23-9)19-14(20)10-6-5-7-12(17)13(10)18/h5-8H,3-4H2,1-2H3,(H,19,20). The van der Waals surface area contributed by atoms with Gasteiger partial charge in [-0.25, -0.2) is 13.6 Å². The molecule has 0 radical (unpaired) electrons. The number of esters is 1. The zero-order valence-corrected chi connectivity index (χ0v) is 13.4. The van der Waals surface area contributed by atoms with Crippen LogP contribution in [0.1, 0.15) is 39.4 Å². The van der Waals surface area contributed by atoms with E-state index in [2.05, 4.69) is 5.32 Å². The Balaban J connectivity index is 2.32. The van der Waals surface area contributed by atoms with E-state index in [4.69, 9.17) is 4.74 Å². The van der Waals surface area contributed by atoms with Crippen LogP contribution >= 0.6 is 11.3 Å². The molecule has 2 aromatic rings. The summed E-state index contributed by atoms with van der Waals surface area (Å²) in [4.78, 5) is 25.0. The molecular formula is C16H15F2NO3S. The number of benzene rings is 1. The van der Waals surface area contributed by atoms with Gasteiger partial charge in [-0.15, -0.1) is 11.3 Å². The Morgan fingerprint density at radius 1 is 1.22 bits per heavy atom. The number of anilines is 1. The maximum atomic E-state index is 13.7. The first-order valence-electron chi connectivity index (χ1n) is 7.03. The Morgan fingerprint density at radius 3 is 2.61 bits per heavy atom. The first kappa shape index (κ1) is 17.1. The van der Waals surface area contributed by atoms with Crippen molar-refractivity contribution in [3.8, 4) is 0 Å². The topological polar surface area (TPSA) is 55.4 Å². The van der Waals surface area contributed by atoms with Crippen LogP contribution < -0.4 is 5.32 Å². The molecule has 2 rings (SSSR count). The van der Waals surface area contributed by atoms with Crippen molar-refractivity contribution in [3.05, 3.63) is 51.9 Å². The number of carbonyl (C=O) groups excluding carboxylic acids is 2. The van der Waals surface area contributed by atoms with Crippen molar-refractivity contribution < 1.29 is 23.1 Å². The number of hydrogen-bond acceptors (Lipinski definition) is 4. The summed E-state index contributed by atoms with van der Waals surface area (Å²) >= 11 is 1.20. The molecule has 1 N–H and O–H groups in total. The second-order valence-corrected chi connectivity index (χ2v) is 5.72. The lowest BCUT2D eigenvalue weighted by Gasteiger charge is -2.07. The van der Waals surface area contributed by atoms with E-state index in [9.17, 15) is 18.4 Å². The maximum absolute atomic E-state index is 13.7. The van der Waals surface area contributed by atoms with Gasteiger partial charge < -0.3 is 10.1 Å². The summed E-state index contributed by atoms with van der Waals surface area (Å²) in [6.07, 6.45) is 0.668. The zero-order chi connectivity index (χ0) is 17.0. The van der Waals surface area contributed by atoms with E-state index in [-0.39, 0.29) is 17.2 Å². The van der Waals surface area contributed by atoms with E-state index in [1.54, 1.807) is 13.0 Å². The molecule has 7 heteroatoms. The number of carbonyl (C=O) groups is 2. The van der Waals surface area contributed by atoms with Crippen molar-refractivity contribution in [2.24, 2.45) is 0 Å². The van der Waals surface area contributed by atoms with Crippen molar-refractivity contribution in [2.75, 3.05) is 11.9 Å². The molecule has 0 aliphatic rings. The number of thiophene rings is 1. The molecule has 0 aliphatic carbocycles. The highest BCUT2D eigenvalue weighted by molar-refractivity contribution is 7.16. The second kappa shape index (κ2) is 7.32. The number of ether oxygens (including phenoxy) is 1. The fourth-order valence-corrected chi connectivity index (χ4v) is 2.90. The molecule has 1 aromatic heterocycles. The average molecular weight is 339 g/mol. The molecule has 1 heterocycles. The van der Waals surface area contributed by atoms with Crippen LogP contribution in [0.2, 0.25) is 0 Å². The molecular weight excluding hydrogens is 324 g/mol. The summed E-state index contributed by atoms with van der Waals surface area (Å²) in [6.45, 7) is 3.77. The van der Waals surface area contributed by atoms with Gasteiger partial charge in [0.05, 0.1) is 17.7 Å².